The van der Waals surface area contributed by atoms with Crippen LogP contribution in [0.25, 0.3) is 0 Å². The van der Waals surface area contributed by atoms with Crippen molar-refractivity contribution in [1.29, 1.82) is 0 Å². The molecular weight excluding hydrogens is 268 g/mol. The van der Waals surface area contributed by atoms with Gasteiger partial charge in [-0.2, -0.15) is 0 Å². The van der Waals surface area contributed by atoms with E-state index >= 15 is 0 Å². The molecule has 19 heavy (non-hydrogen) atoms. The molecule has 0 spiro atoms. The highest BCUT2D eigenvalue weighted by molar-refractivity contribution is 7.89. The monoisotopic (exact) mass is 286 g/mol. The molecule has 7 heteroatoms. The first-order valence-electron chi connectivity index (χ1n) is 6.14. The van der Waals surface area contributed by atoms with E-state index in [1.54, 1.807) is 17.2 Å². The topological polar surface area (TPSA) is 93.6 Å². The van der Waals surface area contributed by atoms with Gasteiger partial charge >= 0.3 is 0 Å². The van der Waals surface area contributed by atoms with Crippen LogP contribution in [0.3, 0.4) is 0 Å². The van der Waals surface area contributed by atoms with Gasteiger partial charge in [0.15, 0.2) is 0 Å². The van der Waals surface area contributed by atoms with Crippen LogP contribution >= 0.6 is 0 Å². The van der Waals surface area contributed by atoms with Crippen LogP contribution in [-0.4, -0.2) is 38.1 Å². The molecule has 1 aliphatic heterocycles. The summed E-state index contributed by atoms with van der Waals surface area (Å²) in [6.45, 7) is 2.98. The molecule has 0 aromatic carbocycles. The first-order chi connectivity index (χ1) is 8.85. The Hall–Kier alpha value is -1.34. The summed E-state index contributed by atoms with van der Waals surface area (Å²) in [5.74, 6) is -0.0102. The maximum Gasteiger partial charge on any atom is 0.227 e. The minimum absolute atomic E-state index is 0.00910. The molecule has 0 bridgehead atoms. The van der Waals surface area contributed by atoms with Gasteiger partial charge in [0.2, 0.25) is 15.9 Å². The first-order valence-corrected chi connectivity index (χ1v) is 7.86. The largest absolute Gasteiger partial charge is 0.472 e. The molecule has 6 nitrogen and oxygen atoms in total. The van der Waals surface area contributed by atoms with Gasteiger partial charge in [-0.25, -0.2) is 13.6 Å². The van der Waals surface area contributed by atoms with E-state index in [0.717, 1.165) is 5.56 Å². The van der Waals surface area contributed by atoms with E-state index < -0.39 is 10.0 Å². The SMILES string of the molecule is C[C@@H]1CN(C(=O)Cc2ccoc2)C[C@H]1CS(N)(=O)=O. The Morgan fingerprint density at radius 2 is 2.26 bits per heavy atom. The van der Waals surface area contributed by atoms with Crippen LogP contribution in [0.2, 0.25) is 0 Å². The molecule has 1 aromatic heterocycles. The average molecular weight is 286 g/mol. The number of sulfonamides is 1. The third-order valence-electron chi connectivity index (χ3n) is 3.50. The minimum atomic E-state index is -3.49. The molecule has 1 saturated heterocycles. The zero-order valence-corrected chi connectivity index (χ0v) is 11.6. The van der Waals surface area contributed by atoms with Crippen molar-refractivity contribution in [3.8, 4) is 0 Å². The van der Waals surface area contributed by atoms with Gasteiger partial charge in [0, 0.05) is 13.1 Å². The Balaban J connectivity index is 1.95. The highest BCUT2D eigenvalue weighted by Crippen LogP contribution is 2.24. The van der Waals surface area contributed by atoms with Crippen LogP contribution in [-0.2, 0) is 21.2 Å². The number of nitrogens with zero attached hydrogens (tertiary/aromatic N) is 1. The van der Waals surface area contributed by atoms with Crippen molar-refractivity contribution in [3.05, 3.63) is 24.2 Å². The van der Waals surface area contributed by atoms with Crippen molar-refractivity contribution < 1.29 is 17.6 Å². The molecule has 1 aliphatic rings. The zero-order valence-electron chi connectivity index (χ0n) is 10.8. The summed E-state index contributed by atoms with van der Waals surface area (Å²) >= 11 is 0. The predicted octanol–water partition coefficient (Wildman–Crippen LogP) is 0.205. The molecule has 0 saturated carbocycles. The molecule has 2 heterocycles. The number of furan rings is 1. The highest BCUT2D eigenvalue weighted by Gasteiger charge is 2.34. The Labute approximate surface area is 112 Å². The number of amides is 1. The van der Waals surface area contributed by atoms with Crippen molar-refractivity contribution in [2.75, 3.05) is 18.8 Å². The molecule has 2 atom stereocenters. The molecule has 2 N–H and O–H groups in total. The summed E-state index contributed by atoms with van der Waals surface area (Å²) in [4.78, 5) is 13.8. The molecule has 0 aliphatic carbocycles. The fourth-order valence-electron chi connectivity index (χ4n) is 2.43. The van der Waals surface area contributed by atoms with E-state index in [4.69, 9.17) is 9.56 Å². The van der Waals surface area contributed by atoms with Crippen LogP contribution in [0.1, 0.15) is 12.5 Å². The molecule has 1 aromatic rings. The molecule has 106 valence electrons. The second-order valence-corrected chi connectivity index (χ2v) is 6.83. The summed E-state index contributed by atoms with van der Waals surface area (Å²) < 4.78 is 27.2. The van der Waals surface area contributed by atoms with E-state index in [1.165, 1.54) is 6.26 Å². The van der Waals surface area contributed by atoms with Crippen LogP contribution in [0, 0.1) is 11.8 Å². The maximum absolute atomic E-state index is 12.1. The standard InChI is InChI=1S/C12H18N2O4S/c1-9-5-14(6-11(9)8-19(13,16)17)12(15)4-10-2-3-18-7-10/h2-3,7,9,11H,4-6,8H2,1H3,(H2,13,16,17)/t9-,11+/m1/s1. The molecule has 0 unspecified atom stereocenters. The van der Waals surface area contributed by atoms with Crippen molar-refractivity contribution in [2.24, 2.45) is 17.0 Å². The van der Waals surface area contributed by atoms with Crippen molar-refractivity contribution in [2.45, 2.75) is 13.3 Å². The second kappa shape index (κ2) is 5.34. The Morgan fingerprint density at radius 1 is 1.53 bits per heavy atom. The number of primary sulfonamides is 1. The molecule has 1 amide bonds. The molecule has 2 rings (SSSR count). The summed E-state index contributed by atoms with van der Waals surface area (Å²) in [7, 11) is -3.49. The summed E-state index contributed by atoms with van der Waals surface area (Å²) in [5.41, 5.74) is 0.826. The molecule has 1 fully saturated rings. The normalized spacial score (nSPS) is 23.8. The van der Waals surface area contributed by atoms with Crippen LogP contribution < -0.4 is 5.14 Å². The lowest BCUT2D eigenvalue weighted by Crippen LogP contribution is -2.31. The van der Waals surface area contributed by atoms with E-state index in [9.17, 15) is 13.2 Å². The van der Waals surface area contributed by atoms with E-state index in [2.05, 4.69) is 0 Å². The van der Waals surface area contributed by atoms with Crippen molar-refractivity contribution >= 4 is 15.9 Å². The highest BCUT2D eigenvalue weighted by atomic mass is 32.2. The number of hydrogen-bond donors (Lipinski definition) is 1. The summed E-state index contributed by atoms with van der Waals surface area (Å²) in [5, 5.41) is 5.07. The molecule has 0 radical (unpaired) electrons. The van der Waals surface area contributed by atoms with Gasteiger partial charge in [-0.1, -0.05) is 6.92 Å². The fourth-order valence-corrected chi connectivity index (χ4v) is 3.46. The van der Waals surface area contributed by atoms with Gasteiger partial charge < -0.3 is 9.32 Å². The van der Waals surface area contributed by atoms with Gasteiger partial charge in [-0.05, 0) is 23.5 Å². The smallest absolute Gasteiger partial charge is 0.227 e. The number of nitrogens with two attached hydrogens (primary N) is 1. The number of carbonyl (C=O) groups excluding carboxylic acids is 1. The van der Waals surface area contributed by atoms with Crippen LogP contribution in [0.5, 0.6) is 0 Å². The van der Waals surface area contributed by atoms with Gasteiger partial charge in [-0.3, -0.25) is 4.79 Å². The lowest BCUT2D eigenvalue weighted by atomic mass is 10.0. The number of hydrogen-bond acceptors (Lipinski definition) is 4. The third-order valence-corrected chi connectivity index (χ3v) is 4.40. The van der Waals surface area contributed by atoms with Gasteiger partial charge in [-0.15, -0.1) is 0 Å². The number of carbonyl (C=O) groups is 1. The molecular formula is C12H18N2O4S. The number of rotatable bonds is 4. The van der Waals surface area contributed by atoms with Crippen LogP contribution in [0.15, 0.2) is 23.0 Å². The Kier molecular flexibility index (Phi) is 3.96. The Bertz CT molecular complexity index is 538. The maximum atomic E-state index is 12.1. The number of likely N-dealkylation sites (tertiary alicyclic amines) is 1. The zero-order chi connectivity index (χ0) is 14.0. The first kappa shape index (κ1) is 14.1. The van der Waals surface area contributed by atoms with Gasteiger partial charge in [0.1, 0.15) is 0 Å². The average Bonchev–Trinajstić information content (AvgIpc) is 2.88. The van der Waals surface area contributed by atoms with E-state index in [0.29, 0.717) is 13.1 Å². The van der Waals surface area contributed by atoms with Crippen molar-refractivity contribution in [1.82, 2.24) is 4.90 Å². The summed E-state index contributed by atoms with van der Waals surface area (Å²) in [6, 6.07) is 1.75. The lowest BCUT2D eigenvalue weighted by Gasteiger charge is -2.15. The fraction of sp³-hybridized carbons (Fsp3) is 0.583. The predicted molar refractivity (Wildman–Crippen MR) is 69.6 cm³/mol. The van der Waals surface area contributed by atoms with Gasteiger partial charge in [0.05, 0.1) is 24.7 Å². The van der Waals surface area contributed by atoms with E-state index in [-0.39, 0.29) is 29.9 Å². The quantitative estimate of drug-likeness (QED) is 0.856. The Morgan fingerprint density at radius 3 is 2.84 bits per heavy atom. The third kappa shape index (κ3) is 3.81. The van der Waals surface area contributed by atoms with Crippen molar-refractivity contribution in [3.63, 3.8) is 0 Å². The van der Waals surface area contributed by atoms with Gasteiger partial charge in [0.25, 0.3) is 0 Å². The second-order valence-electron chi connectivity index (χ2n) is 5.17. The van der Waals surface area contributed by atoms with Crippen LogP contribution in [0.4, 0.5) is 0 Å². The minimum Gasteiger partial charge on any atom is -0.472 e. The lowest BCUT2D eigenvalue weighted by molar-refractivity contribution is -0.129. The summed E-state index contributed by atoms with van der Waals surface area (Å²) in [6.07, 6.45) is 3.35. The van der Waals surface area contributed by atoms with E-state index in [1.807, 2.05) is 6.92 Å².